The number of ether oxygens (including phenoxy) is 1. The van der Waals surface area contributed by atoms with E-state index in [9.17, 15) is 0 Å². The number of hydrogen-bond acceptors (Lipinski definition) is 3. The van der Waals surface area contributed by atoms with Crippen molar-refractivity contribution in [3.8, 4) is 0 Å². The zero-order chi connectivity index (χ0) is 10.8. The Kier molecular flexibility index (Phi) is 2.56. The Morgan fingerprint density at radius 3 is 2.87 bits per heavy atom. The highest BCUT2D eigenvalue weighted by Crippen LogP contribution is 2.23. The SMILES string of the molecule is COCc1ccc2c(C)cnc(N)c2c1. The number of hydrogen-bond donors (Lipinski definition) is 1. The summed E-state index contributed by atoms with van der Waals surface area (Å²) >= 11 is 0. The van der Waals surface area contributed by atoms with Crippen LogP contribution in [-0.2, 0) is 11.3 Å². The van der Waals surface area contributed by atoms with E-state index >= 15 is 0 Å². The van der Waals surface area contributed by atoms with E-state index in [-0.39, 0.29) is 0 Å². The first-order chi connectivity index (χ1) is 7.22. The number of aryl methyl sites for hydroxylation is 1. The van der Waals surface area contributed by atoms with E-state index in [4.69, 9.17) is 10.5 Å². The third-order valence-electron chi connectivity index (χ3n) is 2.49. The van der Waals surface area contributed by atoms with Gasteiger partial charge in [-0.2, -0.15) is 0 Å². The summed E-state index contributed by atoms with van der Waals surface area (Å²) in [7, 11) is 1.68. The third kappa shape index (κ3) is 1.78. The Morgan fingerprint density at radius 1 is 1.33 bits per heavy atom. The van der Waals surface area contributed by atoms with E-state index in [0.717, 1.165) is 21.9 Å². The summed E-state index contributed by atoms with van der Waals surface area (Å²) in [6.07, 6.45) is 1.80. The predicted molar refractivity (Wildman–Crippen MR) is 61.6 cm³/mol. The first-order valence-corrected chi connectivity index (χ1v) is 4.85. The number of benzene rings is 1. The van der Waals surface area contributed by atoms with Crippen molar-refractivity contribution in [3.63, 3.8) is 0 Å². The molecule has 15 heavy (non-hydrogen) atoms. The second-order valence-corrected chi connectivity index (χ2v) is 3.64. The molecule has 1 aromatic heterocycles. The van der Waals surface area contributed by atoms with Crippen LogP contribution in [0.15, 0.2) is 24.4 Å². The number of anilines is 1. The Hall–Kier alpha value is -1.61. The molecule has 0 spiro atoms. The maximum atomic E-state index is 5.84. The van der Waals surface area contributed by atoms with Gasteiger partial charge in [0.25, 0.3) is 0 Å². The molecule has 1 heterocycles. The van der Waals surface area contributed by atoms with Crippen molar-refractivity contribution < 1.29 is 4.74 Å². The number of methoxy groups -OCH3 is 1. The van der Waals surface area contributed by atoms with Crippen LogP contribution >= 0.6 is 0 Å². The van der Waals surface area contributed by atoms with Gasteiger partial charge in [-0.1, -0.05) is 12.1 Å². The fraction of sp³-hybridized carbons (Fsp3) is 0.250. The standard InChI is InChI=1S/C12H14N2O/c1-8-6-14-12(13)11-5-9(7-15-2)3-4-10(8)11/h3-6H,7H2,1-2H3,(H2,13,14). The van der Waals surface area contributed by atoms with Gasteiger partial charge in [-0.25, -0.2) is 4.98 Å². The van der Waals surface area contributed by atoms with Crippen molar-refractivity contribution in [2.45, 2.75) is 13.5 Å². The van der Waals surface area contributed by atoms with E-state index in [0.29, 0.717) is 12.4 Å². The van der Waals surface area contributed by atoms with Crippen LogP contribution in [0.5, 0.6) is 0 Å². The molecular weight excluding hydrogens is 188 g/mol. The van der Waals surface area contributed by atoms with Crippen LogP contribution in [0.4, 0.5) is 5.82 Å². The number of aromatic nitrogens is 1. The Morgan fingerprint density at radius 2 is 2.13 bits per heavy atom. The Labute approximate surface area is 88.9 Å². The van der Waals surface area contributed by atoms with Crippen molar-refractivity contribution in [1.29, 1.82) is 0 Å². The maximum Gasteiger partial charge on any atom is 0.131 e. The van der Waals surface area contributed by atoms with Crippen molar-refractivity contribution in [2.75, 3.05) is 12.8 Å². The summed E-state index contributed by atoms with van der Waals surface area (Å²) in [6, 6.07) is 6.16. The van der Waals surface area contributed by atoms with E-state index < -0.39 is 0 Å². The fourth-order valence-electron chi connectivity index (χ4n) is 1.71. The molecule has 0 saturated carbocycles. The molecule has 2 rings (SSSR count). The molecule has 0 amide bonds. The van der Waals surface area contributed by atoms with Crippen molar-refractivity contribution >= 4 is 16.6 Å². The van der Waals surface area contributed by atoms with E-state index in [1.165, 1.54) is 0 Å². The number of nitrogens with zero attached hydrogens (tertiary/aromatic N) is 1. The van der Waals surface area contributed by atoms with Crippen molar-refractivity contribution in [3.05, 3.63) is 35.5 Å². The second-order valence-electron chi connectivity index (χ2n) is 3.64. The molecule has 3 nitrogen and oxygen atoms in total. The van der Waals surface area contributed by atoms with Gasteiger partial charge >= 0.3 is 0 Å². The van der Waals surface area contributed by atoms with Gasteiger partial charge in [0.15, 0.2) is 0 Å². The highest BCUT2D eigenvalue weighted by atomic mass is 16.5. The van der Waals surface area contributed by atoms with Crippen LogP contribution in [0.2, 0.25) is 0 Å². The monoisotopic (exact) mass is 202 g/mol. The molecule has 0 unspecified atom stereocenters. The zero-order valence-electron chi connectivity index (χ0n) is 8.95. The minimum atomic E-state index is 0.577. The summed E-state index contributed by atoms with van der Waals surface area (Å²) in [6.45, 7) is 2.63. The second kappa shape index (κ2) is 3.87. The first-order valence-electron chi connectivity index (χ1n) is 4.85. The van der Waals surface area contributed by atoms with Gasteiger partial charge in [-0.05, 0) is 29.5 Å². The van der Waals surface area contributed by atoms with Gasteiger partial charge in [0.1, 0.15) is 5.82 Å². The molecule has 0 saturated heterocycles. The number of nitrogen functional groups attached to an aromatic ring is 1. The number of rotatable bonds is 2. The van der Waals surface area contributed by atoms with Gasteiger partial charge in [0.05, 0.1) is 6.61 Å². The number of fused-ring (bicyclic) bond motifs is 1. The number of pyridine rings is 1. The molecule has 0 aliphatic rings. The molecule has 0 aliphatic heterocycles. The van der Waals surface area contributed by atoms with Crippen LogP contribution in [0, 0.1) is 6.92 Å². The van der Waals surface area contributed by atoms with Crippen LogP contribution in [0.25, 0.3) is 10.8 Å². The lowest BCUT2D eigenvalue weighted by Crippen LogP contribution is -1.95. The van der Waals surface area contributed by atoms with Crippen LogP contribution in [0.3, 0.4) is 0 Å². The summed E-state index contributed by atoms with van der Waals surface area (Å²) in [4.78, 5) is 4.15. The van der Waals surface area contributed by atoms with Crippen molar-refractivity contribution in [2.24, 2.45) is 0 Å². The average Bonchev–Trinajstić information content (AvgIpc) is 2.24. The van der Waals surface area contributed by atoms with Crippen LogP contribution < -0.4 is 5.73 Å². The minimum absolute atomic E-state index is 0.577. The van der Waals surface area contributed by atoms with E-state index in [1.54, 1.807) is 13.3 Å². The molecule has 0 fully saturated rings. The van der Waals surface area contributed by atoms with Gasteiger partial charge < -0.3 is 10.5 Å². The van der Waals surface area contributed by atoms with Gasteiger partial charge in [0.2, 0.25) is 0 Å². The average molecular weight is 202 g/mol. The quantitative estimate of drug-likeness (QED) is 0.812. The van der Waals surface area contributed by atoms with Gasteiger partial charge in [-0.3, -0.25) is 0 Å². The number of nitrogens with two attached hydrogens (primary N) is 1. The topological polar surface area (TPSA) is 48.1 Å². The van der Waals surface area contributed by atoms with E-state index in [1.807, 2.05) is 13.0 Å². The minimum Gasteiger partial charge on any atom is -0.383 e. The largest absolute Gasteiger partial charge is 0.383 e. The molecule has 0 aliphatic carbocycles. The smallest absolute Gasteiger partial charge is 0.131 e. The lowest BCUT2D eigenvalue weighted by Gasteiger charge is -2.06. The summed E-state index contributed by atoms with van der Waals surface area (Å²) in [5.74, 6) is 0.577. The molecule has 0 atom stereocenters. The Bertz CT molecular complexity index is 494. The molecule has 1 aromatic carbocycles. The van der Waals surface area contributed by atoms with Crippen LogP contribution in [-0.4, -0.2) is 12.1 Å². The third-order valence-corrected chi connectivity index (χ3v) is 2.49. The summed E-state index contributed by atoms with van der Waals surface area (Å²) in [5.41, 5.74) is 8.09. The maximum absolute atomic E-state index is 5.84. The van der Waals surface area contributed by atoms with Gasteiger partial charge in [-0.15, -0.1) is 0 Å². The molecule has 0 bridgehead atoms. The molecule has 3 heteroatoms. The fourth-order valence-corrected chi connectivity index (χ4v) is 1.71. The highest BCUT2D eigenvalue weighted by molar-refractivity contribution is 5.93. The lowest BCUT2D eigenvalue weighted by molar-refractivity contribution is 0.185. The molecule has 0 radical (unpaired) electrons. The molecule has 78 valence electrons. The summed E-state index contributed by atoms with van der Waals surface area (Å²) in [5, 5.41) is 2.16. The molecular formula is C12H14N2O. The molecule has 2 N–H and O–H groups in total. The normalized spacial score (nSPS) is 10.8. The highest BCUT2D eigenvalue weighted by Gasteiger charge is 2.03. The predicted octanol–water partition coefficient (Wildman–Crippen LogP) is 2.27. The lowest BCUT2D eigenvalue weighted by atomic mass is 10.1. The van der Waals surface area contributed by atoms with Crippen molar-refractivity contribution in [1.82, 2.24) is 4.98 Å². The zero-order valence-corrected chi connectivity index (χ0v) is 8.95. The van der Waals surface area contributed by atoms with E-state index in [2.05, 4.69) is 17.1 Å². The summed E-state index contributed by atoms with van der Waals surface area (Å²) < 4.78 is 5.09. The van der Waals surface area contributed by atoms with Gasteiger partial charge in [0, 0.05) is 18.7 Å². The first kappa shape index (κ1) is 9.93. The Balaban J connectivity index is 2.65. The van der Waals surface area contributed by atoms with Crippen LogP contribution in [0.1, 0.15) is 11.1 Å². The molecule has 2 aromatic rings.